The van der Waals surface area contributed by atoms with E-state index in [2.05, 4.69) is 24.8 Å². The molecule has 1 aromatic rings. The molecule has 6 nitrogen and oxygen atoms in total. The molecule has 0 aromatic heterocycles. The third kappa shape index (κ3) is 6.22. The largest absolute Gasteiger partial charge is 0.500 e. The summed E-state index contributed by atoms with van der Waals surface area (Å²) < 4.78 is 25.5. The Bertz CT molecular complexity index is 828. The lowest BCUT2D eigenvalue weighted by Crippen LogP contribution is -2.61. The van der Waals surface area contributed by atoms with Crippen LogP contribution in [0.4, 0.5) is 4.39 Å². The van der Waals surface area contributed by atoms with Crippen LogP contribution in [0.5, 0.6) is 5.75 Å². The number of allylic oxidation sites excluding steroid dienone is 2. The molecule has 1 aliphatic rings. The molecule has 7 heteroatoms. The van der Waals surface area contributed by atoms with Crippen LogP contribution in [0.1, 0.15) is 52.4 Å². The fourth-order valence-electron chi connectivity index (χ4n) is 3.68. The average molecular weight is 449 g/mol. The van der Waals surface area contributed by atoms with Crippen LogP contribution in [0.15, 0.2) is 60.1 Å². The van der Waals surface area contributed by atoms with Crippen molar-refractivity contribution >= 4 is 5.97 Å². The zero-order valence-corrected chi connectivity index (χ0v) is 18.7. The van der Waals surface area contributed by atoms with Crippen LogP contribution in [0, 0.1) is 11.8 Å². The van der Waals surface area contributed by atoms with Gasteiger partial charge in [-0.2, -0.15) is 4.39 Å². The second-order valence-corrected chi connectivity index (χ2v) is 7.94. The molecule has 1 saturated carbocycles. The van der Waals surface area contributed by atoms with Gasteiger partial charge in [-0.25, -0.2) is 4.79 Å². The first-order valence-electron chi connectivity index (χ1n) is 11.1. The van der Waals surface area contributed by atoms with Crippen molar-refractivity contribution < 1.29 is 34.0 Å². The summed E-state index contributed by atoms with van der Waals surface area (Å²) in [6.07, 6.45) is 10.7. The Morgan fingerprint density at radius 3 is 2.62 bits per heavy atom. The molecule has 0 saturated heterocycles. The first kappa shape index (κ1) is 25.7. The number of hydrogen-bond donors (Lipinski definition) is 3. The fraction of sp³-hybridized carbons (Fsp3) is 0.520. The highest BCUT2D eigenvalue weighted by molar-refractivity contribution is 5.80. The third-order valence-electron chi connectivity index (χ3n) is 5.48. The Labute approximate surface area is 188 Å². The summed E-state index contributed by atoms with van der Waals surface area (Å²) in [5, 5.41) is 31.2. The molecule has 3 atom stereocenters. The maximum atomic E-state index is 15.7. The van der Waals surface area contributed by atoms with E-state index < -0.39 is 23.4 Å². The Balaban J connectivity index is 2.27. The summed E-state index contributed by atoms with van der Waals surface area (Å²) >= 11 is 0. The summed E-state index contributed by atoms with van der Waals surface area (Å²) in [7, 11) is 0. The number of esters is 1. The molecule has 176 valence electrons. The molecule has 1 aromatic carbocycles. The Kier molecular flexibility index (Phi) is 9.51. The molecule has 0 aliphatic heterocycles. The lowest BCUT2D eigenvalue weighted by molar-refractivity contribution is -0.299. The molecule has 0 amide bonds. The van der Waals surface area contributed by atoms with Crippen molar-refractivity contribution in [3.63, 3.8) is 0 Å². The van der Waals surface area contributed by atoms with E-state index in [1.54, 1.807) is 13.0 Å². The van der Waals surface area contributed by atoms with Crippen molar-refractivity contribution in [2.24, 2.45) is 11.8 Å². The van der Waals surface area contributed by atoms with Gasteiger partial charge >= 0.3 is 17.6 Å². The molecule has 0 spiro atoms. The van der Waals surface area contributed by atoms with Crippen molar-refractivity contribution in [1.82, 2.24) is 0 Å². The minimum atomic E-state index is -3.81. The van der Waals surface area contributed by atoms with E-state index in [9.17, 15) is 20.1 Å². The molecule has 2 rings (SSSR count). The monoisotopic (exact) mass is 448 g/mol. The number of carbonyl (C=O) groups excluding carboxylic acids is 1. The highest BCUT2D eigenvalue weighted by Crippen LogP contribution is 2.36. The van der Waals surface area contributed by atoms with E-state index in [1.807, 2.05) is 0 Å². The number of alkyl halides is 1. The predicted molar refractivity (Wildman–Crippen MR) is 118 cm³/mol. The highest BCUT2D eigenvalue weighted by Gasteiger charge is 2.64. The van der Waals surface area contributed by atoms with E-state index in [1.165, 1.54) is 30.3 Å². The Morgan fingerprint density at radius 2 is 1.97 bits per heavy atom. The number of benzene rings is 1. The number of para-hydroxylation sites is 1. The van der Waals surface area contributed by atoms with Gasteiger partial charge in [0.15, 0.2) is 0 Å². The quantitative estimate of drug-likeness (QED) is 0.149. The zero-order valence-electron chi connectivity index (χ0n) is 18.7. The number of hydrogen-bond acceptors (Lipinski definition) is 6. The second-order valence-electron chi connectivity index (χ2n) is 7.94. The van der Waals surface area contributed by atoms with Gasteiger partial charge in [-0.1, -0.05) is 56.4 Å². The van der Waals surface area contributed by atoms with Gasteiger partial charge in [0.2, 0.25) is 5.76 Å². The topological polar surface area (TPSA) is 96.2 Å². The van der Waals surface area contributed by atoms with Crippen molar-refractivity contribution in [1.29, 1.82) is 0 Å². The van der Waals surface area contributed by atoms with Gasteiger partial charge in [-0.05, 0) is 62.1 Å². The molecule has 1 unspecified atom stereocenters. The van der Waals surface area contributed by atoms with Crippen LogP contribution < -0.4 is 4.74 Å². The smallest absolute Gasteiger partial charge is 0.407 e. The van der Waals surface area contributed by atoms with Crippen LogP contribution >= 0.6 is 0 Å². The van der Waals surface area contributed by atoms with Gasteiger partial charge in [0, 0.05) is 0 Å². The molecule has 32 heavy (non-hydrogen) atoms. The van der Waals surface area contributed by atoms with E-state index in [0.717, 1.165) is 25.7 Å². The lowest BCUT2D eigenvalue weighted by atomic mass is 9.92. The van der Waals surface area contributed by atoms with Gasteiger partial charge in [0.25, 0.3) is 0 Å². The number of halogens is 1. The number of rotatable bonds is 11. The second kappa shape index (κ2) is 11.9. The lowest BCUT2D eigenvalue weighted by Gasteiger charge is -2.33. The van der Waals surface area contributed by atoms with Crippen LogP contribution in [0.3, 0.4) is 0 Å². The average Bonchev–Trinajstić information content (AvgIpc) is 3.23. The summed E-state index contributed by atoms with van der Waals surface area (Å²) in [4.78, 5) is 12.4. The molecule has 3 N–H and O–H groups in total. The van der Waals surface area contributed by atoms with E-state index in [-0.39, 0.29) is 12.4 Å². The van der Waals surface area contributed by atoms with Gasteiger partial charge < -0.3 is 24.8 Å². The van der Waals surface area contributed by atoms with E-state index in [0.29, 0.717) is 24.7 Å². The SMILES string of the molecule is CC/C=C/[C@H]1CCC[C@@H]1CC=C=C([16OH])C([16OH])([16OH])C(F)(Oc1ccccc1)C(=O)OCCC. The van der Waals surface area contributed by atoms with Crippen molar-refractivity contribution in [2.45, 2.75) is 64.0 Å². The molecular weight excluding hydrogens is 415 g/mol. The van der Waals surface area contributed by atoms with Crippen molar-refractivity contribution in [2.75, 3.05) is 6.61 Å². The summed E-state index contributed by atoms with van der Waals surface area (Å²) in [6.45, 7) is 3.60. The van der Waals surface area contributed by atoms with Crippen LogP contribution in [-0.2, 0) is 9.53 Å². The first-order valence-corrected chi connectivity index (χ1v) is 11.1. The molecule has 0 bridgehead atoms. The molecule has 1 aliphatic carbocycles. The normalized spacial score (nSPS) is 20.4. The van der Waals surface area contributed by atoms with Gasteiger partial charge in [-0.15, -0.1) is 0 Å². The van der Waals surface area contributed by atoms with Crippen LogP contribution in [-0.4, -0.2) is 39.5 Å². The van der Waals surface area contributed by atoms with Crippen molar-refractivity contribution in [3.05, 3.63) is 60.1 Å². The third-order valence-corrected chi connectivity index (χ3v) is 5.48. The van der Waals surface area contributed by atoms with Crippen LogP contribution in [0.2, 0.25) is 0 Å². The Morgan fingerprint density at radius 1 is 1.25 bits per heavy atom. The summed E-state index contributed by atoms with van der Waals surface area (Å²) in [5.74, 6) is -9.91. The van der Waals surface area contributed by atoms with Crippen molar-refractivity contribution in [3.8, 4) is 5.75 Å². The van der Waals surface area contributed by atoms with Crippen LogP contribution in [0.25, 0.3) is 0 Å². The number of aliphatic hydroxyl groups excluding tert-OH is 1. The zero-order chi connectivity index (χ0) is 23.6. The maximum Gasteiger partial charge on any atom is 0.407 e. The molecule has 0 radical (unpaired) electrons. The van der Waals surface area contributed by atoms with Gasteiger partial charge in [0.1, 0.15) is 5.75 Å². The van der Waals surface area contributed by atoms with Gasteiger partial charge in [-0.3, -0.25) is 0 Å². The molecule has 0 heterocycles. The standard InChI is InChI=1S/C25H33FO6/c1-3-5-11-19-12-9-13-20(19)14-10-17-22(27)25(29,30)24(26,23(28)31-18-4-2)32-21-15-7-6-8-16-21/h5-8,10-11,15-16,19-20,27,29-30H,3-4,9,12-14,18H2,1-2H3/b11-5+/t17?,19-,20+,24?/m0/s1/i27+0,29+0,30+0. The van der Waals surface area contributed by atoms with E-state index in [4.69, 9.17) is 9.47 Å². The fourth-order valence-corrected chi connectivity index (χ4v) is 3.68. The first-order chi connectivity index (χ1) is 15.3. The number of aliphatic hydroxyl groups is 3. The number of carbonyl (C=O) groups is 1. The molecule has 1 fully saturated rings. The summed E-state index contributed by atoms with van der Waals surface area (Å²) in [5.41, 5.74) is 2.32. The molecular formula is C25H33FO6. The minimum Gasteiger partial charge on any atom is -0.500 e. The predicted octanol–water partition coefficient (Wildman–Crippen LogP) is 4.73. The maximum absolute atomic E-state index is 15.7. The minimum absolute atomic E-state index is 0.149. The van der Waals surface area contributed by atoms with E-state index >= 15 is 4.39 Å². The summed E-state index contributed by atoms with van der Waals surface area (Å²) in [6, 6.07) is 7.34. The van der Waals surface area contributed by atoms with Gasteiger partial charge in [0.05, 0.1) is 6.61 Å². The highest BCUT2D eigenvalue weighted by atomic mass is 19.2. The number of ether oxygens (including phenoxy) is 2. The Hall–Kier alpha value is -2.60.